The van der Waals surface area contributed by atoms with Crippen LogP contribution in [0.3, 0.4) is 0 Å². The second-order valence-electron chi connectivity index (χ2n) is 8.29. The van der Waals surface area contributed by atoms with E-state index in [9.17, 15) is 4.79 Å². The van der Waals surface area contributed by atoms with Crippen molar-refractivity contribution in [2.24, 2.45) is 4.99 Å². The van der Waals surface area contributed by atoms with Gasteiger partial charge in [0, 0.05) is 32.2 Å². The highest BCUT2D eigenvalue weighted by molar-refractivity contribution is 5.80. The lowest BCUT2D eigenvalue weighted by Gasteiger charge is -2.32. The minimum Gasteiger partial charge on any atom is -0.376 e. The summed E-state index contributed by atoms with van der Waals surface area (Å²) in [5.41, 5.74) is 0. The Morgan fingerprint density at radius 2 is 1.76 bits per heavy atom. The van der Waals surface area contributed by atoms with E-state index >= 15 is 0 Å². The largest absolute Gasteiger partial charge is 0.376 e. The summed E-state index contributed by atoms with van der Waals surface area (Å²) >= 11 is 0. The summed E-state index contributed by atoms with van der Waals surface area (Å²) in [6.07, 6.45) is 11.2. The predicted molar refractivity (Wildman–Crippen MR) is 119 cm³/mol. The zero-order valence-corrected chi connectivity index (χ0v) is 18.7. The maximum Gasteiger partial charge on any atom is 0.234 e. The average Bonchev–Trinajstić information content (AvgIpc) is 3.00. The van der Waals surface area contributed by atoms with Gasteiger partial charge in [-0.25, -0.2) is 0 Å². The van der Waals surface area contributed by atoms with E-state index in [-0.39, 0.29) is 5.91 Å². The van der Waals surface area contributed by atoms with E-state index in [2.05, 4.69) is 34.7 Å². The summed E-state index contributed by atoms with van der Waals surface area (Å²) in [5, 5.41) is 9.88. The lowest BCUT2D eigenvalue weighted by molar-refractivity contribution is -0.122. The number of aliphatic imine (C=N–C) groups is 1. The Morgan fingerprint density at radius 1 is 1.03 bits per heavy atom. The Labute approximate surface area is 177 Å². The van der Waals surface area contributed by atoms with Crippen LogP contribution in [0.1, 0.15) is 71.6 Å². The Kier molecular flexibility index (Phi) is 12.1. The van der Waals surface area contributed by atoms with Crippen LogP contribution in [0.2, 0.25) is 0 Å². The average molecular weight is 410 g/mol. The summed E-state index contributed by atoms with van der Waals surface area (Å²) in [7, 11) is 0. The van der Waals surface area contributed by atoms with Crippen molar-refractivity contribution in [1.29, 1.82) is 0 Å². The fraction of sp³-hybridized carbons (Fsp3) is 0.909. The number of hydrogen-bond acceptors (Lipinski definition) is 4. The van der Waals surface area contributed by atoms with Crippen LogP contribution in [0.5, 0.6) is 0 Å². The molecule has 1 heterocycles. The van der Waals surface area contributed by atoms with Crippen molar-refractivity contribution in [2.45, 2.75) is 83.8 Å². The number of nitrogens with one attached hydrogen (secondary N) is 3. The molecule has 1 saturated heterocycles. The van der Waals surface area contributed by atoms with Gasteiger partial charge in [0.2, 0.25) is 5.91 Å². The summed E-state index contributed by atoms with van der Waals surface area (Å²) in [6, 6.07) is 0.408. The molecule has 7 nitrogen and oxygen atoms in total. The molecule has 7 heteroatoms. The van der Waals surface area contributed by atoms with Crippen LogP contribution in [0.4, 0.5) is 0 Å². The van der Waals surface area contributed by atoms with E-state index < -0.39 is 0 Å². The van der Waals surface area contributed by atoms with Crippen LogP contribution in [-0.4, -0.2) is 74.8 Å². The second-order valence-corrected chi connectivity index (χ2v) is 8.29. The lowest BCUT2D eigenvalue weighted by Crippen LogP contribution is -2.50. The summed E-state index contributed by atoms with van der Waals surface area (Å²) in [4.78, 5) is 18.8. The number of carbonyl (C=O) groups excluding carboxylic acids is 1. The summed E-state index contributed by atoms with van der Waals surface area (Å²) in [6.45, 7) is 9.59. The summed E-state index contributed by atoms with van der Waals surface area (Å²) < 4.78 is 6.05. The second kappa shape index (κ2) is 14.6. The first-order valence-corrected chi connectivity index (χ1v) is 11.9. The van der Waals surface area contributed by atoms with E-state index in [1.54, 1.807) is 0 Å². The van der Waals surface area contributed by atoms with Crippen LogP contribution in [0.25, 0.3) is 0 Å². The molecule has 0 unspecified atom stereocenters. The SMILES string of the molecule is CCCNC(=O)CN1CCC(NC(=NCCOC2CCCCCC2)NCC)CC1. The third kappa shape index (κ3) is 10.3. The summed E-state index contributed by atoms with van der Waals surface area (Å²) in [5.74, 6) is 1.03. The molecule has 29 heavy (non-hydrogen) atoms. The minimum atomic E-state index is 0.141. The Hall–Kier alpha value is -1.34. The van der Waals surface area contributed by atoms with Crippen LogP contribution in [0, 0.1) is 0 Å². The normalized spacial score (nSPS) is 20.3. The first-order valence-electron chi connectivity index (χ1n) is 11.9. The molecule has 0 aromatic rings. The van der Waals surface area contributed by atoms with Gasteiger partial charge >= 0.3 is 0 Å². The van der Waals surface area contributed by atoms with Crippen LogP contribution < -0.4 is 16.0 Å². The van der Waals surface area contributed by atoms with Gasteiger partial charge in [-0.1, -0.05) is 32.6 Å². The highest BCUT2D eigenvalue weighted by atomic mass is 16.5. The Bertz CT molecular complexity index is 470. The molecular weight excluding hydrogens is 366 g/mol. The van der Waals surface area contributed by atoms with Gasteiger partial charge < -0.3 is 20.7 Å². The molecule has 3 N–H and O–H groups in total. The molecule has 0 atom stereocenters. The molecule has 1 aliphatic heterocycles. The Balaban J connectivity index is 1.66. The molecule has 0 spiro atoms. The molecule has 0 aromatic carbocycles. The van der Waals surface area contributed by atoms with Gasteiger partial charge in [0.15, 0.2) is 5.96 Å². The van der Waals surface area contributed by atoms with Gasteiger partial charge in [-0.15, -0.1) is 0 Å². The monoisotopic (exact) mass is 409 g/mol. The van der Waals surface area contributed by atoms with Crippen LogP contribution >= 0.6 is 0 Å². The maximum absolute atomic E-state index is 11.9. The van der Waals surface area contributed by atoms with Crippen LogP contribution in [0.15, 0.2) is 4.99 Å². The number of piperidine rings is 1. The van der Waals surface area contributed by atoms with E-state index in [1.807, 2.05) is 0 Å². The number of ether oxygens (including phenoxy) is 1. The standard InChI is InChI=1S/C22H43N5O2/c1-3-13-24-21(28)18-27-15-11-19(12-16-27)26-22(23-4-2)25-14-17-29-20-9-7-5-6-8-10-20/h19-20H,3-18H2,1-2H3,(H,24,28)(H2,23,25,26). The minimum absolute atomic E-state index is 0.141. The van der Waals surface area contributed by atoms with Gasteiger partial charge in [-0.2, -0.15) is 0 Å². The fourth-order valence-electron chi connectivity index (χ4n) is 4.06. The maximum atomic E-state index is 11.9. The van der Waals surface area contributed by atoms with Gasteiger partial charge in [0.1, 0.15) is 0 Å². The molecule has 1 aliphatic carbocycles. The van der Waals surface area contributed by atoms with Crippen molar-refractivity contribution in [3.05, 3.63) is 0 Å². The zero-order chi connectivity index (χ0) is 20.7. The smallest absolute Gasteiger partial charge is 0.234 e. The first kappa shape index (κ1) is 23.9. The molecular formula is C22H43N5O2. The van der Waals surface area contributed by atoms with Gasteiger partial charge in [0.05, 0.1) is 25.8 Å². The van der Waals surface area contributed by atoms with Crippen LogP contribution in [-0.2, 0) is 9.53 Å². The molecule has 0 bridgehead atoms. The molecule has 2 fully saturated rings. The molecule has 1 amide bonds. The number of amides is 1. The van der Waals surface area contributed by atoms with E-state index in [0.717, 1.165) is 51.4 Å². The van der Waals surface area contributed by atoms with Crippen molar-refractivity contribution in [2.75, 3.05) is 45.9 Å². The third-order valence-corrected chi connectivity index (χ3v) is 5.73. The quantitative estimate of drug-likeness (QED) is 0.223. The molecule has 0 radical (unpaired) electrons. The van der Waals surface area contributed by atoms with E-state index in [1.165, 1.54) is 38.5 Å². The third-order valence-electron chi connectivity index (χ3n) is 5.73. The lowest BCUT2D eigenvalue weighted by atomic mass is 10.1. The fourth-order valence-corrected chi connectivity index (χ4v) is 4.06. The number of rotatable bonds is 10. The van der Waals surface area contributed by atoms with Gasteiger partial charge in [-0.3, -0.25) is 14.7 Å². The predicted octanol–water partition coefficient (Wildman–Crippen LogP) is 2.27. The molecule has 2 aliphatic rings. The zero-order valence-electron chi connectivity index (χ0n) is 18.7. The molecule has 0 aromatic heterocycles. The number of hydrogen-bond donors (Lipinski definition) is 3. The van der Waals surface area contributed by atoms with Crippen molar-refractivity contribution in [1.82, 2.24) is 20.9 Å². The highest BCUT2D eigenvalue weighted by Gasteiger charge is 2.21. The van der Waals surface area contributed by atoms with Crippen molar-refractivity contribution in [3.8, 4) is 0 Å². The topological polar surface area (TPSA) is 78.0 Å². The number of carbonyl (C=O) groups is 1. The van der Waals surface area contributed by atoms with E-state index in [4.69, 9.17) is 9.73 Å². The van der Waals surface area contributed by atoms with Gasteiger partial charge in [0.25, 0.3) is 0 Å². The number of likely N-dealkylation sites (tertiary alicyclic amines) is 1. The molecule has 1 saturated carbocycles. The number of guanidine groups is 1. The van der Waals surface area contributed by atoms with Gasteiger partial charge in [-0.05, 0) is 39.0 Å². The highest BCUT2D eigenvalue weighted by Crippen LogP contribution is 2.19. The molecule has 2 rings (SSSR count). The first-order chi connectivity index (χ1) is 14.2. The Morgan fingerprint density at radius 3 is 2.41 bits per heavy atom. The van der Waals surface area contributed by atoms with Crippen molar-refractivity contribution >= 4 is 11.9 Å². The van der Waals surface area contributed by atoms with Crippen molar-refractivity contribution < 1.29 is 9.53 Å². The van der Waals surface area contributed by atoms with Crippen molar-refractivity contribution in [3.63, 3.8) is 0 Å². The number of nitrogens with zero attached hydrogens (tertiary/aromatic N) is 2. The van der Waals surface area contributed by atoms with E-state index in [0.29, 0.717) is 31.8 Å². The molecule has 168 valence electrons.